The molecule has 0 radical (unpaired) electrons. The number of alkyl halides is 1. The lowest BCUT2D eigenvalue weighted by Gasteiger charge is -2.33. The van der Waals surface area contributed by atoms with Crippen LogP contribution >= 0.6 is 22.6 Å². The Bertz CT molecular complexity index is 106. The highest BCUT2D eigenvalue weighted by atomic mass is 127. The highest BCUT2D eigenvalue weighted by Gasteiger charge is 2.34. The monoisotopic (exact) mass is 258 g/mol. The van der Waals surface area contributed by atoms with Crippen molar-refractivity contribution < 1.29 is 14.9 Å². The number of halogens is 1. The summed E-state index contributed by atoms with van der Waals surface area (Å²) < 4.78 is 5.17. The van der Waals surface area contributed by atoms with Gasteiger partial charge >= 0.3 is 0 Å². The number of hydrogen-bond donors (Lipinski definition) is 2. The van der Waals surface area contributed by atoms with E-state index in [0.717, 1.165) is 0 Å². The fourth-order valence-electron chi connectivity index (χ4n) is 0.933. The minimum atomic E-state index is -0.726. The van der Waals surface area contributed by atoms with Crippen LogP contribution in [0.15, 0.2) is 0 Å². The topological polar surface area (TPSA) is 49.7 Å². The second kappa shape index (κ2) is 3.34. The maximum Gasteiger partial charge on any atom is 0.107 e. The van der Waals surface area contributed by atoms with Crippen molar-refractivity contribution in [3.05, 3.63) is 0 Å². The van der Waals surface area contributed by atoms with Crippen LogP contribution in [-0.2, 0) is 4.74 Å². The van der Waals surface area contributed by atoms with E-state index in [1.807, 2.05) is 0 Å². The van der Waals surface area contributed by atoms with Gasteiger partial charge in [0.15, 0.2) is 0 Å². The van der Waals surface area contributed by atoms with Crippen LogP contribution in [0.4, 0.5) is 0 Å². The summed E-state index contributed by atoms with van der Waals surface area (Å²) in [6.07, 6.45) is -1.60. The Hall–Kier alpha value is 0.610. The average Bonchev–Trinajstić information content (AvgIpc) is 1.93. The molecule has 0 spiro atoms. The Labute approximate surface area is 73.5 Å². The molecule has 0 bridgehead atoms. The minimum absolute atomic E-state index is 0.0174. The molecule has 0 aliphatic carbocycles. The lowest BCUT2D eigenvalue weighted by Crippen LogP contribution is -2.49. The van der Waals surface area contributed by atoms with Crippen molar-refractivity contribution in [2.24, 2.45) is 0 Å². The van der Waals surface area contributed by atoms with Gasteiger partial charge in [-0.3, -0.25) is 0 Å². The molecule has 2 N–H and O–H groups in total. The second-order valence-electron chi connectivity index (χ2n) is 2.54. The number of aliphatic hydroxyl groups is 2. The van der Waals surface area contributed by atoms with Gasteiger partial charge in [0.05, 0.1) is 22.7 Å². The van der Waals surface area contributed by atoms with Gasteiger partial charge in [-0.1, -0.05) is 22.6 Å². The van der Waals surface area contributed by atoms with Crippen LogP contribution < -0.4 is 0 Å². The second-order valence-corrected chi connectivity index (χ2v) is 4.14. The average molecular weight is 258 g/mol. The molecule has 4 atom stereocenters. The van der Waals surface area contributed by atoms with E-state index < -0.39 is 12.2 Å². The molecule has 1 aliphatic rings. The van der Waals surface area contributed by atoms with Crippen LogP contribution in [0, 0.1) is 0 Å². The molecule has 1 saturated heterocycles. The van der Waals surface area contributed by atoms with Crippen molar-refractivity contribution in [3.63, 3.8) is 0 Å². The first-order valence-electron chi connectivity index (χ1n) is 3.24. The van der Waals surface area contributed by atoms with Crippen molar-refractivity contribution in [2.75, 3.05) is 6.61 Å². The highest BCUT2D eigenvalue weighted by Crippen LogP contribution is 2.20. The largest absolute Gasteiger partial charge is 0.389 e. The molecule has 0 aromatic carbocycles. The van der Waals surface area contributed by atoms with E-state index in [9.17, 15) is 10.2 Å². The fraction of sp³-hybridized carbons (Fsp3) is 1.00. The van der Waals surface area contributed by atoms with E-state index in [1.54, 1.807) is 6.92 Å². The summed E-state index contributed by atoms with van der Waals surface area (Å²) in [5.41, 5.74) is 0. The molecule has 0 amide bonds. The van der Waals surface area contributed by atoms with Gasteiger partial charge in [-0.15, -0.1) is 0 Å². The molecule has 0 aromatic rings. The van der Waals surface area contributed by atoms with Crippen LogP contribution in [0.25, 0.3) is 0 Å². The summed E-state index contributed by atoms with van der Waals surface area (Å²) in [5, 5.41) is 18.5. The normalized spacial score (nSPS) is 49.2. The highest BCUT2D eigenvalue weighted by molar-refractivity contribution is 14.1. The van der Waals surface area contributed by atoms with Gasteiger partial charge in [-0.2, -0.15) is 0 Å². The predicted molar refractivity (Wildman–Crippen MR) is 45.2 cm³/mol. The lowest BCUT2D eigenvalue weighted by molar-refractivity contribution is -0.120. The van der Waals surface area contributed by atoms with Crippen LogP contribution in [-0.4, -0.2) is 39.1 Å². The lowest BCUT2D eigenvalue weighted by atomic mass is 10.0. The van der Waals surface area contributed by atoms with Crippen LogP contribution in [0.1, 0.15) is 6.92 Å². The molecular formula is C6H11IO3. The predicted octanol–water partition coefficient (Wildman–Crippen LogP) is -0.0695. The number of rotatable bonds is 0. The molecule has 0 aromatic heterocycles. The van der Waals surface area contributed by atoms with E-state index in [1.165, 1.54) is 0 Å². The Balaban J connectivity index is 2.52. The van der Waals surface area contributed by atoms with Gasteiger partial charge in [-0.05, 0) is 6.92 Å². The number of ether oxygens (including phenoxy) is 1. The zero-order valence-electron chi connectivity index (χ0n) is 5.70. The Kier molecular flexibility index (Phi) is 2.91. The SMILES string of the molecule is C[C@H]1OC[C@H](I)[C@@H](O)[C@@H]1O. The summed E-state index contributed by atoms with van der Waals surface area (Å²) in [4.78, 5) is 0. The summed E-state index contributed by atoms with van der Waals surface area (Å²) >= 11 is 2.07. The minimum Gasteiger partial charge on any atom is -0.389 e. The Morgan fingerprint density at radius 2 is 2.00 bits per heavy atom. The zero-order valence-corrected chi connectivity index (χ0v) is 7.85. The van der Waals surface area contributed by atoms with Gasteiger partial charge in [0.2, 0.25) is 0 Å². The first kappa shape index (κ1) is 8.70. The van der Waals surface area contributed by atoms with E-state index >= 15 is 0 Å². The third-order valence-corrected chi connectivity index (χ3v) is 2.82. The van der Waals surface area contributed by atoms with Crippen molar-refractivity contribution in [1.29, 1.82) is 0 Å². The molecule has 0 unspecified atom stereocenters. The molecule has 10 heavy (non-hydrogen) atoms. The van der Waals surface area contributed by atoms with E-state index in [-0.39, 0.29) is 10.0 Å². The summed E-state index contributed by atoms with van der Waals surface area (Å²) in [6.45, 7) is 2.29. The molecule has 0 saturated carbocycles. The van der Waals surface area contributed by atoms with Gasteiger partial charge in [0.1, 0.15) is 6.10 Å². The van der Waals surface area contributed by atoms with Gasteiger partial charge < -0.3 is 14.9 Å². The molecule has 60 valence electrons. The van der Waals surface area contributed by atoms with Crippen molar-refractivity contribution in [1.82, 2.24) is 0 Å². The number of hydrogen-bond acceptors (Lipinski definition) is 3. The number of aliphatic hydroxyl groups excluding tert-OH is 2. The Morgan fingerprint density at radius 1 is 1.40 bits per heavy atom. The van der Waals surface area contributed by atoms with Crippen molar-refractivity contribution in [3.8, 4) is 0 Å². The third kappa shape index (κ3) is 1.61. The van der Waals surface area contributed by atoms with E-state index in [0.29, 0.717) is 6.61 Å². The maximum absolute atomic E-state index is 9.28. The van der Waals surface area contributed by atoms with Crippen LogP contribution in [0.2, 0.25) is 0 Å². The molecule has 1 rings (SSSR count). The quantitative estimate of drug-likeness (QED) is 0.472. The summed E-state index contributed by atoms with van der Waals surface area (Å²) in [7, 11) is 0. The first-order chi connectivity index (χ1) is 4.63. The molecule has 4 heteroatoms. The van der Waals surface area contributed by atoms with Crippen LogP contribution in [0.3, 0.4) is 0 Å². The van der Waals surface area contributed by atoms with Gasteiger partial charge in [0.25, 0.3) is 0 Å². The smallest absolute Gasteiger partial charge is 0.107 e. The summed E-state index contributed by atoms with van der Waals surface area (Å²) in [6, 6.07) is 0. The fourth-order valence-corrected chi connectivity index (χ4v) is 1.57. The molecule has 1 aliphatic heterocycles. The van der Waals surface area contributed by atoms with E-state index in [2.05, 4.69) is 22.6 Å². The third-order valence-electron chi connectivity index (χ3n) is 1.72. The maximum atomic E-state index is 9.28. The zero-order chi connectivity index (χ0) is 7.72. The van der Waals surface area contributed by atoms with Gasteiger partial charge in [-0.25, -0.2) is 0 Å². The van der Waals surface area contributed by atoms with Crippen molar-refractivity contribution >= 4 is 22.6 Å². The molecule has 1 fully saturated rings. The molecule has 3 nitrogen and oxygen atoms in total. The first-order valence-corrected chi connectivity index (χ1v) is 4.49. The van der Waals surface area contributed by atoms with Gasteiger partial charge in [0, 0.05) is 0 Å². The Morgan fingerprint density at radius 3 is 2.50 bits per heavy atom. The molecule has 1 heterocycles. The van der Waals surface area contributed by atoms with Crippen molar-refractivity contribution in [2.45, 2.75) is 29.2 Å². The summed E-state index contributed by atoms with van der Waals surface area (Å²) in [5.74, 6) is 0. The van der Waals surface area contributed by atoms with Crippen LogP contribution in [0.5, 0.6) is 0 Å². The molecular weight excluding hydrogens is 247 g/mol. The van der Waals surface area contributed by atoms with E-state index in [4.69, 9.17) is 4.74 Å². The standard InChI is InChI=1S/C6H11IO3/c1-3-5(8)6(9)4(7)2-10-3/h3-6,8-9H,2H2,1H3/t3-,4+,5-,6-/m1/s1.